The van der Waals surface area contributed by atoms with E-state index < -0.39 is 47.2 Å². The zero-order valence-corrected chi connectivity index (χ0v) is 8.52. The molecule has 0 unspecified atom stereocenters. The lowest BCUT2D eigenvalue weighted by molar-refractivity contribution is -0.140. The lowest BCUT2D eigenvalue weighted by atomic mass is 10.0. The first-order valence-electron chi connectivity index (χ1n) is 4.46. The van der Waals surface area contributed by atoms with Gasteiger partial charge in [0.25, 0.3) is 12.0 Å². The second-order valence-corrected chi connectivity index (χ2v) is 3.29. The van der Waals surface area contributed by atoms with Crippen LogP contribution in [0.3, 0.4) is 0 Å². The number of alkyl halides is 5. The Morgan fingerprint density at radius 3 is 2.33 bits per heavy atom. The SMILES string of the molecule is O=C(O)Cc1c(C(F)(F)F)c[nH]c(=O)c1C(F)F. The first-order chi connectivity index (χ1) is 8.14. The molecule has 1 aromatic heterocycles. The minimum Gasteiger partial charge on any atom is -0.481 e. The fourth-order valence-corrected chi connectivity index (χ4v) is 1.41. The normalized spacial score (nSPS) is 11.9. The number of carboxylic acid groups (broad SMARTS) is 1. The Morgan fingerprint density at radius 2 is 1.94 bits per heavy atom. The predicted octanol–water partition coefficient (Wildman–Crippen LogP) is 1.96. The van der Waals surface area contributed by atoms with Crippen LogP contribution < -0.4 is 5.56 Å². The van der Waals surface area contributed by atoms with E-state index in [1.807, 2.05) is 0 Å². The number of aromatic nitrogens is 1. The van der Waals surface area contributed by atoms with Crippen molar-refractivity contribution >= 4 is 5.97 Å². The number of rotatable bonds is 3. The Hall–Kier alpha value is -1.93. The Morgan fingerprint density at radius 1 is 1.39 bits per heavy atom. The summed E-state index contributed by atoms with van der Waals surface area (Å²) in [6.45, 7) is 0. The number of H-pyrrole nitrogens is 1. The summed E-state index contributed by atoms with van der Waals surface area (Å²) in [6, 6.07) is 0. The molecule has 0 aliphatic heterocycles. The molecule has 0 spiro atoms. The van der Waals surface area contributed by atoms with Crippen LogP contribution in [0.4, 0.5) is 22.0 Å². The molecule has 0 aliphatic rings. The minimum atomic E-state index is -5.03. The predicted molar refractivity (Wildman–Crippen MR) is 48.4 cm³/mol. The number of pyridine rings is 1. The van der Waals surface area contributed by atoms with E-state index in [4.69, 9.17) is 5.11 Å². The Bertz CT molecular complexity index is 520. The van der Waals surface area contributed by atoms with Crippen LogP contribution in [0.1, 0.15) is 23.1 Å². The van der Waals surface area contributed by atoms with Crippen molar-refractivity contribution < 1.29 is 31.9 Å². The van der Waals surface area contributed by atoms with E-state index >= 15 is 0 Å². The van der Waals surface area contributed by atoms with Crippen molar-refractivity contribution in [3.05, 3.63) is 33.2 Å². The summed E-state index contributed by atoms with van der Waals surface area (Å²) in [6.07, 6.45) is -9.64. The van der Waals surface area contributed by atoms with Gasteiger partial charge < -0.3 is 10.1 Å². The molecule has 0 atom stereocenters. The largest absolute Gasteiger partial charge is 0.481 e. The first kappa shape index (κ1) is 14.1. The van der Waals surface area contributed by atoms with Gasteiger partial charge in [0.15, 0.2) is 0 Å². The number of hydrogen-bond acceptors (Lipinski definition) is 2. The van der Waals surface area contributed by atoms with E-state index in [9.17, 15) is 31.5 Å². The lowest BCUT2D eigenvalue weighted by Crippen LogP contribution is -2.23. The van der Waals surface area contributed by atoms with Gasteiger partial charge in [0.2, 0.25) is 0 Å². The van der Waals surface area contributed by atoms with Crippen molar-refractivity contribution in [3.8, 4) is 0 Å². The maximum Gasteiger partial charge on any atom is 0.418 e. The van der Waals surface area contributed by atoms with Gasteiger partial charge in [-0.1, -0.05) is 0 Å². The number of carbonyl (C=O) groups is 1. The molecule has 0 radical (unpaired) electrons. The van der Waals surface area contributed by atoms with Crippen LogP contribution in [0.5, 0.6) is 0 Å². The fraction of sp³-hybridized carbons (Fsp3) is 0.333. The van der Waals surface area contributed by atoms with Gasteiger partial charge >= 0.3 is 12.1 Å². The molecule has 0 aliphatic carbocycles. The number of hydrogen-bond donors (Lipinski definition) is 2. The maximum absolute atomic E-state index is 12.5. The smallest absolute Gasteiger partial charge is 0.418 e. The third kappa shape index (κ3) is 2.84. The average molecular weight is 271 g/mol. The molecule has 0 saturated heterocycles. The van der Waals surface area contributed by atoms with Gasteiger partial charge in [-0.3, -0.25) is 9.59 Å². The fourth-order valence-electron chi connectivity index (χ4n) is 1.41. The monoisotopic (exact) mass is 271 g/mol. The highest BCUT2D eigenvalue weighted by atomic mass is 19.4. The summed E-state index contributed by atoms with van der Waals surface area (Å²) >= 11 is 0. The van der Waals surface area contributed by atoms with Crippen LogP contribution in [0.15, 0.2) is 11.0 Å². The third-order valence-electron chi connectivity index (χ3n) is 2.09. The number of aromatic amines is 1. The number of halogens is 5. The average Bonchev–Trinajstić information content (AvgIpc) is 2.13. The molecule has 0 amide bonds. The van der Waals surface area contributed by atoms with Gasteiger partial charge in [0.1, 0.15) is 0 Å². The van der Waals surface area contributed by atoms with Gasteiger partial charge in [-0.2, -0.15) is 13.2 Å². The first-order valence-corrected chi connectivity index (χ1v) is 4.46. The summed E-state index contributed by atoms with van der Waals surface area (Å²) in [5.41, 5.74) is -5.70. The number of carboxylic acids is 1. The Kier molecular flexibility index (Phi) is 3.73. The van der Waals surface area contributed by atoms with Crippen molar-refractivity contribution in [3.63, 3.8) is 0 Å². The van der Waals surface area contributed by atoms with Gasteiger partial charge in [0, 0.05) is 6.20 Å². The minimum absolute atomic E-state index is 0.187. The van der Waals surface area contributed by atoms with Gasteiger partial charge in [-0.25, -0.2) is 8.78 Å². The van der Waals surface area contributed by atoms with Crippen LogP contribution in [-0.2, 0) is 17.4 Å². The Balaban J connectivity index is 3.59. The van der Waals surface area contributed by atoms with E-state index in [0.29, 0.717) is 0 Å². The second kappa shape index (κ2) is 4.75. The molecule has 100 valence electrons. The summed E-state index contributed by atoms with van der Waals surface area (Å²) in [5.74, 6) is -1.74. The van der Waals surface area contributed by atoms with Crippen molar-refractivity contribution in [1.82, 2.24) is 4.98 Å². The topological polar surface area (TPSA) is 70.2 Å². The van der Waals surface area contributed by atoms with Crippen LogP contribution in [0.2, 0.25) is 0 Å². The molecule has 0 saturated carbocycles. The third-order valence-corrected chi connectivity index (χ3v) is 2.09. The van der Waals surface area contributed by atoms with Crippen LogP contribution in [-0.4, -0.2) is 16.1 Å². The van der Waals surface area contributed by atoms with Crippen molar-refractivity contribution in [2.24, 2.45) is 0 Å². The summed E-state index contributed by atoms with van der Waals surface area (Å²) in [7, 11) is 0. The lowest BCUT2D eigenvalue weighted by Gasteiger charge is -2.14. The molecule has 1 aromatic rings. The summed E-state index contributed by atoms with van der Waals surface area (Å²) < 4.78 is 62.6. The van der Waals surface area contributed by atoms with Crippen LogP contribution in [0.25, 0.3) is 0 Å². The van der Waals surface area contributed by atoms with Gasteiger partial charge in [-0.15, -0.1) is 0 Å². The van der Waals surface area contributed by atoms with E-state index in [0.717, 1.165) is 0 Å². The maximum atomic E-state index is 12.5. The van der Waals surface area contributed by atoms with Crippen LogP contribution in [0, 0.1) is 0 Å². The quantitative estimate of drug-likeness (QED) is 0.825. The highest BCUT2D eigenvalue weighted by molar-refractivity contribution is 5.71. The molecule has 1 rings (SSSR count). The zero-order chi connectivity index (χ0) is 14.1. The molecule has 0 bridgehead atoms. The molecule has 9 heteroatoms. The molecule has 0 aromatic carbocycles. The summed E-state index contributed by atoms with van der Waals surface area (Å²) in [5, 5.41) is 8.43. The molecular weight excluding hydrogens is 265 g/mol. The number of nitrogens with one attached hydrogen (secondary N) is 1. The molecule has 18 heavy (non-hydrogen) atoms. The van der Waals surface area contributed by atoms with Gasteiger partial charge in [0.05, 0.1) is 17.5 Å². The van der Waals surface area contributed by atoms with Crippen molar-refractivity contribution in [2.45, 2.75) is 19.0 Å². The van der Waals surface area contributed by atoms with E-state index in [1.54, 1.807) is 0 Å². The summed E-state index contributed by atoms with van der Waals surface area (Å²) in [4.78, 5) is 23.0. The van der Waals surface area contributed by atoms with Gasteiger partial charge in [-0.05, 0) is 5.56 Å². The highest BCUT2D eigenvalue weighted by Crippen LogP contribution is 2.34. The highest BCUT2D eigenvalue weighted by Gasteiger charge is 2.37. The Labute approximate surface area is 96.1 Å². The van der Waals surface area contributed by atoms with E-state index in [1.165, 1.54) is 4.98 Å². The molecule has 2 N–H and O–H groups in total. The van der Waals surface area contributed by atoms with Crippen molar-refractivity contribution in [2.75, 3.05) is 0 Å². The molecule has 1 heterocycles. The molecule has 4 nitrogen and oxygen atoms in total. The molecule has 0 fully saturated rings. The second-order valence-electron chi connectivity index (χ2n) is 3.29. The van der Waals surface area contributed by atoms with Crippen molar-refractivity contribution in [1.29, 1.82) is 0 Å². The van der Waals surface area contributed by atoms with Crippen LogP contribution >= 0.6 is 0 Å². The number of aliphatic carboxylic acids is 1. The van der Waals surface area contributed by atoms with E-state index in [-0.39, 0.29) is 6.20 Å². The van der Waals surface area contributed by atoms with E-state index in [2.05, 4.69) is 0 Å². The standard InChI is InChI=1S/C9H6F5NO3/c10-7(11)6-3(1-5(16)17)4(9(12,13)14)2-15-8(6)18/h2,7H,1H2,(H,15,18)(H,16,17). The zero-order valence-electron chi connectivity index (χ0n) is 8.52. The molecular formula is C9H6F5NO3.